The van der Waals surface area contributed by atoms with Crippen molar-refractivity contribution in [2.75, 3.05) is 26.4 Å². The zero-order valence-corrected chi connectivity index (χ0v) is 31.0. The maximum absolute atomic E-state index is 12.1. The van der Waals surface area contributed by atoms with Crippen LogP contribution in [0.15, 0.2) is 72.8 Å². The molecule has 52 heavy (non-hydrogen) atoms. The number of hydrogen-bond donors (Lipinski definition) is 2. The number of hydrogen-bond acceptors (Lipinski definition) is 8. The molecule has 0 amide bonds. The molecule has 0 atom stereocenters. The first-order valence-corrected chi connectivity index (χ1v) is 17.5. The van der Waals surface area contributed by atoms with Crippen LogP contribution in [0.3, 0.4) is 0 Å². The van der Waals surface area contributed by atoms with E-state index in [9.17, 15) is 19.8 Å². The van der Waals surface area contributed by atoms with E-state index in [1.54, 1.807) is 13.8 Å². The number of rotatable bonds is 10. The molecule has 0 spiro atoms. The Morgan fingerprint density at radius 2 is 0.750 bits per heavy atom. The molecule has 0 unspecified atom stereocenters. The van der Waals surface area contributed by atoms with Crippen LogP contribution in [0.25, 0.3) is 0 Å². The van der Waals surface area contributed by atoms with Gasteiger partial charge < -0.3 is 29.2 Å². The van der Waals surface area contributed by atoms with E-state index in [4.69, 9.17) is 18.9 Å². The van der Waals surface area contributed by atoms with Crippen molar-refractivity contribution in [3.8, 4) is 23.0 Å². The number of aromatic hydroxyl groups is 2. The van der Waals surface area contributed by atoms with Crippen LogP contribution >= 0.6 is 0 Å². The second kappa shape index (κ2) is 16.2. The van der Waals surface area contributed by atoms with Gasteiger partial charge in [0.15, 0.2) is 0 Å². The molecule has 0 fully saturated rings. The van der Waals surface area contributed by atoms with Crippen LogP contribution < -0.4 is 9.47 Å². The summed E-state index contributed by atoms with van der Waals surface area (Å²) >= 11 is 0. The summed E-state index contributed by atoms with van der Waals surface area (Å²) in [6.07, 6.45) is 1.49. The Balaban J connectivity index is 1.65. The minimum Gasteiger partial charge on any atom is -0.507 e. The van der Waals surface area contributed by atoms with E-state index >= 15 is 0 Å². The van der Waals surface area contributed by atoms with E-state index in [-0.39, 0.29) is 37.9 Å². The third-order valence-corrected chi connectivity index (χ3v) is 8.94. The smallest absolute Gasteiger partial charge is 0.333 e. The van der Waals surface area contributed by atoms with E-state index in [0.717, 1.165) is 66.8 Å². The molecule has 8 bridgehead atoms. The van der Waals surface area contributed by atoms with Gasteiger partial charge in [0.1, 0.15) is 49.4 Å². The summed E-state index contributed by atoms with van der Waals surface area (Å²) < 4.78 is 23.4. The predicted molar refractivity (Wildman–Crippen MR) is 202 cm³/mol. The van der Waals surface area contributed by atoms with Gasteiger partial charge in [0.05, 0.1) is 0 Å². The number of fused-ring (bicyclic) bond motifs is 8. The van der Waals surface area contributed by atoms with E-state index in [1.165, 1.54) is 0 Å². The molecule has 0 radical (unpaired) electrons. The average Bonchev–Trinajstić information content (AvgIpc) is 3.06. The average molecular weight is 705 g/mol. The van der Waals surface area contributed by atoms with Crippen LogP contribution in [0.1, 0.15) is 80.6 Å². The molecular formula is C44H48O8. The van der Waals surface area contributed by atoms with Crippen LogP contribution in [0.4, 0.5) is 0 Å². The molecular weight excluding hydrogens is 656 g/mol. The van der Waals surface area contributed by atoms with E-state index in [0.29, 0.717) is 48.3 Å². The monoisotopic (exact) mass is 704 g/mol. The lowest BCUT2D eigenvalue weighted by atomic mass is 9.89. The Morgan fingerprint density at radius 3 is 1.00 bits per heavy atom. The maximum atomic E-state index is 12.1. The highest BCUT2D eigenvalue weighted by molar-refractivity contribution is 5.87. The fourth-order valence-electron chi connectivity index (χ4n) is 6.78. The number of phenols is 2. The third kappa shape index (κ3) is 9.04. The molecule has 1 aliphatic rings. The van der Waals surface area contributed by atoms with E-state index < -0.39 is 11.9 Å². The molecule has 4 aromatic carbocycles. The fourth-order valence-corrected chi connectivity index (χ4v) is 6.78. The number of aryl methyl sites for hydroxylation is 4. The maximum Gasteiger partial charge on any atom is 0.333 e. The van der Waals surface area contributed by atoms with Gasteiger partial charge in [-0.05, 0) is 86.1 Å². The summed E-state index contributed by atoms with van der Waals surface area (Å²) in [6.45, 7) is 18.8. The summed E-state index contributed by atoms with van der Waals surface area (Å²) in [5.74, 6) is 0.651. The topological polar surface area (TPSA) is 112 Å². The van der Waals surface area contributed by atoms with Crippen molar-refractivity contribution in [3.05, 3.63) is 140 Å². The molecule has 0 saturated carbocycles. The Hall–Kier alpha value is -5.50. The highest BCUT2D eigenvalue weighted by Crippen LogP contribution is 2.39. The first-order chi connectivity index (χ1) is 24.7. The molecule has 0 aromatic heterocycles. The molecule has 8 nitrogen and oxygen atoms in total. The highest BCUT2D eigenvalue weighted by atomic mass is 16.6. The van der Waals surface area contributed by atoms with Gasteiger partial charge in [-0.3, -0.25) is 0 Å². The Morgan fingerprint density at radius 1 is 0.500 bits per heavy atom. The largest absolute Gasteiger partial charge is 0.507 e. The molecule has 272 valence electrons. The molecule has 0 aliphatic heterocycles. The van der Waals surface area contributed by atoms with Crippen molar-refractivity contribution < 1.29 is 38.7 Å². The fraction of sp³-hybridized carbons (Fsp3) is 0.318. The first kappa shape index (κ1) is 37.7. The summed E-state index contributed by atoms with van der Waals surface area (Å²) in [7, 11) is 0. The third-order valence-electron chi connectivity index (χ3n) is 8.94. The van der Waals surface area contributed by atoms with Crippen molar-refractivity contribution in [1.29, 1.82) is 0 Å². The van der Waals surface area contributed by atoms with Gasteiger partial charge in [-0.2, -0.15) is 0 Å². The van der Waals surface area contributed by atoms with Crippen LogP contribution in [0, 0.1) is 27.7 Å². The van der Waals surface area contributed by atoms with Gasteiger partial charge in [-0.25, -0.2) is 9.59 Å². The number of esters is 2. The summed E-state index contributed by atoms with van der Waals surface area (Å²) in [4.78, 5) is 24.1. The van der Waals surface area contributed by atoms with Crippen LogP contribution in [-0.4, -0.2) is 48.6 Å². The van der Waals surface area contributed by atoms with Gasteiger partial charge in [0, 0.05) is 36.8 Å². The van der Waals surface area contributed by atoms with Crippen LogP contribution in [0.2, 0.25) is 0 Å². The predicted octanol–water partition coefficient (Wildman–Crippen LogP) is 8.00. The van der Waals surface area contributed by atoms with Crippen LogP contribution in [0.5, 0.6) is 23.0 Å². The second-order valence-electron chi connectivity index (χ2n) is 13.9. The zero-order chi connectivity index (χ0) is 37.7. The minimum atomic E-state index is -0.483. The Kier molecular flexibility index (Phi) is 11.8. The number of carbonyl (C=O) groups excluding carboxylic acids is 2. The highest BCUT2D eigenvalue weighted by Gasteiger charge is 2.22. The molecule has 4 aromatic rings. The summed E-state index contributed by atoms with van der Waals surface area (Å²) in [6, 6.07) is 16.1. The van der Waals surface area contributed by atoms with Crippen molar-refractivity contribution >= 4 is 11.9 Å². The normalized spacial score (nSPS) is 12.1. The van der Waals surface area contributed by atoms with Gasteiger partial charge in [-0.1, -0.05) is 83.9 Å². The van der Waals surface area contributed by atoms with Gasteiger partial charge in [-0.15, -0.1) is 0 Å². The SMILES string of the molecule is C=C(C)C(=O)OCCOc1c2cc(C)cc1Cc1cc(C)cc(c1O)Cc1cc(C)cc(c1OCCOC(=O)C(=C)C)Cc1cc(C)cc(c1O)C2. The van der Waals surface area contributed by atoms with Crippen molar-refractivity contribution in [3.63, 3.8) is 0 Å². The molecule has 5 rings (SSSR count). The van der Waals surface area contributed by atoms with Gasteiger partial charge in [0.25, 0.3) is 0 Å². The van der Waals surface area contributed by atoms with Crippen LogP contribution in [-0.2, 0) is 44.7 Å². The lowest BCUT2D eigenvalue weighted by Crippen LogP contribution is -2.14. The molecule has 2 N–H and O–H groups in total. The minimum absolute atomic E-state index is 0.0377. The van der Waals surface area contributed by atoms with Gasteiger partial charge in [0.2, 0.25) is 0 Å². The van der Waals surface area contributed by atoms with Gasteiger partial charge >= 0.3 is 11.9 Å². The molecule has 1 aliphatic carbocycles. The quantitative estimate of drug-likeness (QED) is 0.0855. The molecule has 0 heterocycles. The van der Waals surface area contributed by atoms with Crippen molar-refractivity contribution in [1.82, 2.24) is 0 Å². The Labute approximate surface area is 306 Å². The number of phenolic OH excluding ortho intramolecular Hbond substituents is 2. The van der Waals surface area contributed by atoms with E-state index in [1.807, 2.05) is 76.2 Å². The lowest BCUT2D eigenvalue weighted by Gasteiger charge is -2.22. The second-order valence-corrected chi connectivity index (χ2v) is 13.9. The molecule has 8 heteroatoms. The zero-order valence-electron chi connectivity index (χ0n) is 31.0. The molecule has 0 saturated heterocycles. The number of carbonyl (C=O) groups is 2. The van der Waals surface area contributed by atoms with Crippen molar-refractivity contribution in [2.24, 2.45) is 0 Å². The Bertz CT molecular complexity index is 1810. The number of ether oxygens (including phenoxy) is 4. The lowest BCUT2D eigenvalue weighted by molar-refractivity contribution is -0.140. The van der Waals surface area contributed by atoms with E-state index in [2.05, 4.69) is 13.2 Å². The van der Waals surface area contributed by atoms with Crippen molar-refractivity contribution in [2.45, 2.75) is 67.2 Å². The summed E-state index contributed by atoms with van der Waals surface area (Å²) in [5.41, 5.74) is 11.0. The first-order valence-electron chi connectivity index (χ1n) is 17.5. The standard InChI is InChI=1S/C44H48O8/c1-25(2)43(47)51-11-9-49-41-35-17-29(7)18-36(41)22-32-14-28(6)16-34(40(32)46)24-38-20-30(8)19-37(42(38)50-10-12-52-44(48)26(3)4)23-33-15-27(5)13-31(21-35)39(33)45/h13-20,45-46H,1,3,9-12,21-24H2,2,4-8H3. The number of benzene rings is 4. The summed E-state index contributed by atoms with van der Waals surface area (Å²) in [5, 5.41) is 23.7.